The van der Waals surface area contributed by atoms with E-state index in [0.717, 1.165) is 31.0 Å². The Morgan fingerprint density at radius 3 is 3.05 bits per heavy atom. The van der Waals surface area contributed by atoms with Crippen LogP contribution in [0.15, 0.2) is 18.2 Å². The Morgan fingerprint density at radius 1 is 1.43 bits per heavy atom. The van der Waals surface area contributed by atoms with Gasteiger partial charge in [0.1, 0.15) is 11.6 Å². The molecule has 2 heterocycles. The van der Waals surface area contributed by atoms with E-state index in [4.69, 9.17) is 0 Å². The van der Waals surface area contributed by atoms with Crippen LogP contribution in [0.5, 0.6) is 0 Å². The van der Waals surface area contributed by atoms with E-state index in [2.05, 4.69) is 15.5 Å². The summed E-state index contributed by atoms with van der Waals surface area (Å²) < 4.78 is 16.0. The van der Waals surface area contributed by atoms with Gasteiger partial charge in [-0.1, -0.05) is 12.1 Å². The van der Waals surface area contributed by atoms with E-state index >= 15 is 0 Å². The van der Waals surface area contributed by atoms with Crippen molar-refractivity contribution < 1.29 is 9.18 Å². The molecule has 1 aromatic carbocycles. The van der Waals surface area contributed by atoms with Crippen molar-refractivity contribution >= 4 is 5.91 Å². The first-order valence-electron chi connectivity index (χ1n) is 7.06. The summed E-state index contributed by atoms with van der Waals surface area (Å²) in [6.45, 7) is 4.35. The first-order valence-corrected chi connectivity index (χ1v) is 7.06. The van der Waals surface area contributed by atoms with Gasteiger partial charge in [-0.15, -0.1) is 10.2 Å². The number of hydrogen-bond acceptors (Lipinski definition) is 3. The van der Waals surface area contributed by atoms with E-state index in [0.29, 0.717) is 5.56 Å². The molecule has 1 atom stereocenters. The third-order valence-corrected chi connectivity index (χ3v) is 3.81. The van der Waals surface area contributed by atoms with E-state index in [-0.39, 0.29) is 11.6 Å². The van der Waals surface area contributed by atoms with Crippen molar-refractivity contribution in [1.29, 1.82) is 0 Å². The summed E-state index contributed by atoms with van der Waals surface area (Å²) in [5.41, 5.74) is 0.515. The topological polar surface area (TPSA) is 59.8 Å². The van der Waals surface area contributed by atoms with Crippen LogP contribution in [0.2, 0.25) is 0 Å². The van der Waals surface area contributed by atoms with Crippen LogP contribution in [0.1, 0.15) is 47.0 Å². The average molecular weight is 288 g/mol. The van der Waals surface area contributed by atoms with Gasteiger partial charge in [0, 0.05) is 13.0 Å². The number of aromatic nitrogens is 3. The van der Waals surface area contributed by atoms with Crippen LogP contribution in [0.3, 0.4) is 0 Å². The van der Waals surface area contributed by atoms with Crippen molar-refractivity contribution in [1.82, 2.24) is 20.1 Å². The molecular weight excluding hydrogens is 271 g/mol. The highest BCUT2D eigenvalue weighted by Gasteiger charge is 2.23. The number of rotatable bonds is 3. The second kappa shape index (κ2) is 5.27. The van der Waals surface area contributed by atoms with Gasteiger partial charge in [-0.05, 0) is 31.9 Å². The number of carbonyl (C=O) groups excluding carboxylic acids is 1. The molecule has 21 heavy (non-hydrogen) atoms. The third-order valence-electron chi connectivity index (χ3n) is 3.81. The van der Waals surface area contributed by atoms with Crippen LogP contribution in [-0.2, 0) is 13.0 Å². The van der Waals surface area contributed by atoms with Crippen LogP contribution < -0.4 is 5.32 Å². The van der Waals surface area contributed by atoms with E-state index in [1.54, 1.807) is 19.1 Å². The lowest BCUT2D eigenvalue weighted by molar-refractivity contribution is 0.0933. The number of nitrogens with zero attached hydrogens (tertiary/aromatic N) is 3. The van der Waals surface area contributed by atoms with Crippen LogP contribution in [0.4, 0.5) is 4.39 Å². The molecular formula is C15H17FN4O. The van der Waals surface area contributed by atoms with Crippen molar-refractivity contribution in [2.75, 3.05) is 0 Å². The summed E-state index contributed by atoms with van der Waals surface area (Å²) in [5, 5.41) is 11.0. The number of amides is 1. The van der Waals surface area contributed by atoms with Gasteiger partial charge in [0.25, 0.3) is 5.91 Å². The third kappa shape index (κ3) is 2.41. The largest absolute Gasteiger partial charge is 0.342 e. The van der Waals surface area contributed by atoms with Gasteiger partial charge in [-0.2, -0.15) is 0 Å². The normalized spacial score (nSPS) is 14.8. The van der Waals surface area contributed by atoms with Gasteiger partial charge < -0.3 is 9.88 Å². The molecule has 0 radical (unpaired) electrons. The number of aryl methyl sites for hydroxylation is 2. The summed E-state index contributed by atoms with van der Waals surface area (Å²) >= 11 is 0. The van der Waals surface area contributed by atoms with Gasteiger partial charge in [0.15, 0.2) is 5.82 Å². The SMILES string of the molecule is Cc1cccc(C(=O)NC(C)c2nnc3n2CCC3)c1F. The lowest BCUT2D eigenvalue weighted by Crippen LogP contribution is -2.29. The fourth-order valence-electron chi connectivity index (χ4n) is 2.66. The van der Waals surface area contributed by atoms with Crippen molar-refractivity contribution in [3.63, 3.8) is 0 Å². The minimum absolute atomic E-state index is 0.0583. The fraction of sp³-hybridized carbons (Fsp3) is 0.400. The van der Waals surface area contributed by atoms with Gasteiger partial charge in [0.2, 0.25) is 0 Å². The molecule has 0 bridgehead atoms. The van der Waals surface area contributed by atoms with Crippen LogP contribution >= 0.6 is 0 Å². The maximum absolute atomic E-state index is 14.0. The molecule has 0 fully saturated rings. The van der Waals surface area contributed by atoms with Crippen LogP contribution in [0.25, 0.3) is 0 Å². The Kier molecular flexibility index (Phi) is 3.45. The first-order chi connectivity index (χ1) is 10.1. The molecule has 1 aliphatic heterocycles. The van der Waals surface area contributed by atoms with Crippen molar-refractivity contribution in [3.8, 4) is 0 Å². The zero-order valence-electron chi connectivity index (χ0n) is 12.1. The van der Waals surface area contributed by atoms with Crippen LogP contribution in [0, 0.1) is 12.7 Å². The number of benzene rings is 1. The van der Waals surface area contributed by atoms with E-state index in [9.17, 15) is 9.18 Å². The monoisotopic (exact) mass is 288 g/mol. The molecule has 2 aromatic rings. The zero-order chi connectivity index (χ0) is 15.0. The lowest BCUT2D eigenvalue weighted by Gasteiger charge is -2.14. The molecule has 1 unspecified atom stereocenters. The quantitative estimate of drug-likeness (QED) is 0.941. The Bertz CT molecular complexity index is 695. The van der Waals surface area contributed by atoms with E-state index in [1.807, 2.05) is 11.5 Å². The predicted molar refractivity (Wildman–Crippen MR) is 75.4 cm³/mol. The van der Waals surface area contributed by atoms with E-state index in [1.165, 1.54) is 6.07 Å². The molecule has 1 amide bonds. The predicted octanol–water partition coefficient (Wildman–Crippen LogP) is 2.16. The molecule has 110 valence electrons. The van der Waals surface area contributed by atoms with Crippen LogP contribution in [-0.4, -0.2) is 20.7 Å². The summed E-state index contributed by atoms with van der Waals surface area (Å²) in [6, 6.07) is 4.49. The molecule has 1 aliphatic rings. The minimum Gasteiger partial charge on any atom is -0.342 e. The number of hydrogen-bond donors (Lipinski definition) is 1. The molecule has 3 rings (SSSR count). The van der Waals surface area contributed by atoms with Gasteiger partial charge in [0.05, 0.1) is 11.6 Å². The first kappa shape index (κ1) is 13.7. The molecule has 1 N–H and O–H groups in total. The average Bonchev–Trinajstić information content (AvgIpc) is 3.03. The standard InChI is InChI=1S/C15H17FN4O/c1-9-5-3-6-11(13(9)16)15(21)17-10(2)14-19-18-12-7-4-8-20(12)14/h3,5-6,10H,4,7-8H2,1-2H3,(H,17,21). The highest BCUT2D eigenvalue weighted by molar-refractivity contribution is 5.94. The molecule has 0 saturated carbocycles. The maximum Gasteiger partial charge on any atom is 0.254 e. The summed E-state index contributed by atoms with van der Waals surface area (Å²) in [7, 11) is 0. The number of carbonyl (C=O) groups is 1. The molecule has 6 heteroatoms. The number of fused-ring (bicyclic) bond motifs is 1. The second-order valence-electron chi connectivity index (χ2n) is 5.36. The molecule has 0 spiro atoms. The second-order valence-corrected chi connectivity index (χ2v) is 5.36. The number of nitrogens with one attached hydrogen (secondary N) is 1. The molecule has 5 nitrogen and oxygen atoms in total. The Labute approximate surface area is 122 Å². The summed E-state index contributed by atoms with van der Waals surface area (Å²) in [6.07, 6.45) is 1.96. The summed E-state index contributed by atoms with van der Waals surface area (Å²) in [4.78, 5) is 12.2. The zero-order valence-corrected chi connectivity index (χ0v) is 12.1. The molecule has 1 aromatic heterocycles. The highest BCUT2D eigenvalue weighted by Crippen LogP contribution is 2.20. The van der Waals surface area contributed by atoms with Gasteiger partial charge in [-0.25, -0.2) is 4.39 Å². The lowest BCUT2D eigenvalue weighted by atomic mass is 10.1. The minimum atomic E-state index is -0.478. The maximum atomic E-state index is 14.0. The van der Waals surface area contributed by atoms with E-state index < -0.39 is 11.7 Å². The summed E-state index contributed by atoms with van der Waals surface area (Å²) in [5.74, 6) is 0.768. The Morgan fingerprint density at radius 2 is 2.24 bits per heavy atom. The van der Waals surface area contributed by atoms with Crippen molar-refractivity contribution in [2.45, 2.75) is 39.3 Å². The Hall–Kier alpha value is -2.24. The Balaban J connectivity index is 1.79. The number of halogens is 1. The van der Waals surface area contributed by atoms with Gasteiger partial charge in [-0.3, -0.25) is 4.79 Å². The van der Waals surface area contributed by atoms with Crippen molar-refractivity contribution in [2.24, 2.45) is 0 Å². The highest BCUT2D eigenvalue weighted by atomic mass is 19.1. The molecule has 0 saturated heterocycles. The fourth-order valence-corrected chi connectivity index (χ4v) is 2.66. The van der Waals surface area contributed by atoms with Crippen molar-refractivity contribution in [3.05, 3.63) is 46.8 Å². The van der Waals surface area contributed by atoms with Gasteiger partial charge >= 0.3 is 0 Å². The smallest absolute Gasteiger partial charge is 0.254 e. The molecule has 0 aliphatic carbocycles.